The van der Waals surface area contributed by atoms with Crippen molar-refractivity contribution in [3.63, 3.8) is 0 Å². The molecule has 0 saturated carbocycles. The number of carbonyl (C=O) groups excluding carboxylic acids is 1. The molecule has 0 unspecified atom stereocenters. The van der Waals surface area contributed by atoms with Crippen LogP contribution >= 0.6 is 11.8 Å². The number of hydrogen-bond acceptors (Lipinski definition) is 4. The van der Waals surface area contributed by atoms with Gasteiger partial charge in [0.1, 0.15) is 0 Å². The van der Waals surface area contributed by atoms with E-state index in [-0.39, 0.29) is 10.0 Å². The Bertz CT molecular complexity index is 518. The molecule has 0 spiro atoms. The van der Waals surface area contributed by atoms with Crippen molar-refractivity contribution in [3.05, 3.63) is 35.9 Å². The predicted molar refractivity (Wildman–Crippen MR) is 70.0 cm³/mol. The zero-order valence-corrected chi connectivity index (χ0v) is 10.9. The monoisotopic (exact) mass is 271 g/mol. The third-order valence-electron chi connectivity index (χ3n) is 1.90. The largest absolute Gasteiger partial charge is 0.288 e. The summed E-state index contributed by atoms with van der Waals surface area (Å²) >= 11 is 1.22. The topological polar surface area (TPSA) is 77.2 Å². The van der Waals surface area contributed by atoms with Crippen LogP contribution in [0.5, 0.6) is 0 Å². The normalized spacial score (nSPS) is 11.9. The summed E-state index contributed by atoms with van der Waals surface area (Å²) in [6, 6.07) is 6.23. The van der Waals surface area contributed by atoms with E-state index in [0.717, 1.165) is 5.56 Å². The second-order valence-corrected chi connectivity index (χ2v) is 6.08. The summed E-state index contributed by atoms with van der Waals surface area (Å²) in [6.45, 7) is 1.51. The second-order valence-electron chi connectivity index (χ2n) is 3.32. The van der Waals surface area contributed by atoms with E-state index in [9.17, 15) is 13.2 Å². The molecular weight excluding hydrogens is 258 g/mol. The fraction of sp³-hybridized carbons (Fsp3) is 0.182. The summed E-state index contributed by atoms with van der Waals surface area (Å²) in [5, 5.41) is 5.04. The van der Waals surface area contributed by atoms with Gasteiger partial charge in [-0.05, 0) is 17.7 Å². The van der Waals surface area contributed by atoms with Gasteiger partial charge in [-0.25, -0.2) is 13.6 Å². The minimum atomic E-state index is -3.63. The first-order valence-corrected chi connectivity index (χ1v) is 7.35. The minimum Gasteiger partial charge on any atom is -0.288 e. The zero-order chi connectivity index (χ0) is 12.9. The van der Waals surface area contributed by atoms with Gasteiger partial charge >= 0.3 is 0 Å². The molecule has 0 aliphatic heterocycles. The lowest BCUT2D eigenvalue weighted by Gasteiger charge is -1.98. The zero-order valence-electron chi connectivity index (χ0n) is 9.29. The van der Waals surface area contributed by atoms with Crippen molar-refractivity contribution in [1.82, 2.24) is 0 Å². The summed E-state index contributed by atoms with van der Waals surface area (Å²) in [6.07, 6.45) is 3.67. The lowest BCUT2D eigenvalue weighted by molar-refractivity contribution is -0.109. The van der Waals surface area contributed by atoms with Gasteiger partial charge in [0.15, 0.2) is 5.12 Å². The Balaban J connectivity index is 2.66. The standard InChI is InChI=1S/C11H13NO3S2/c1-9(13)16-8-2-3-10-4-6-11(7-5-10)17(12,14)15/h2-7H,8H2,1H3,(H2,12,14,15). The van der Waals surface area contributed by atoms with Crippen molar-refractivity contribution >= 4 is 33.0 Å². The molecule has 0 atom stereocenters. The molecule has 0 amide bonds. The first-order chi connectivity index (χ1) is 7.89. The molecule has 0 heterocycles. The predicted octanol–water partition coefficient (Wildman–Crippen LogP) is 1.63. The first kappa shape index (κ1) is 14.0. The van der Waals surface area contributed by atoms with Crippen molar-refractivity contribution in [2.45, 2.75) is 11.8 Å². The van der Waals surface area contributed by atoms with E-state index in [1.54, 1.807) is 12.1 Å². The van der Waals surface area contributed by atoms with E-state index in [4.69, 9.17) is 5.14 Å². The van der Waals surface area contributed by atoms with Crippen LogP contribution < -0.4 is 5.14 Å². The molecule has 6 heteroatoms. The molecule has 0 aliphatic rings. The van der Waals surface area contributed by atoms with E-state index in [0.29, 0.717) is 5.75 Å². The SMILES string of the molecule is CC(=O)SCC=Cc1ccc(S(N)(=O)=O)cc1. The Morgan fingerprint density at radius 2 is 1.94 bits per heavy atom. The minimum absolute atomic E-state index is 0.0687. The molecule has 0 aliphatic carbocycles. The summed E-state index contributed by atoms with van der Waals surface area (Å²) < 4.78 is 22.0. The van der Waals surface area contributed by atoms with Crippen LogP contribution in [0.4, 0.5) is 0 Å². The van der Waals surface area contributed by atoms with Gasteiger partial charge in [-0.2, -0.15) is 0 Å². The number of sulfonamides is 1. The number of carbonyl (C=O) groups is 1. The van der Waals surface area contributed by atoms with Crippen LogP contribution in [0.25, 0.3) is 6.08 Å². The molecule has 0 radical (unpaired) electrons. The fourth-order valence-electron chi connectivity index (χ4n) is 1.12. The second kappa shape index (κ2) is 6.00. The van der Waals surface area contributed by atoms with Crippen LogP contribution in [0.1, 0.15) is 12.5 Å². The molecule has 92 valence electrons. The van der Waals surface area contributed by atoms with Crippen molar-refractivity contribution in [2.24, 2.45) is 5.14 Å². The first-order valence-electron chi connectivity index (χ1n) is 4.82. The molecule has 0 aromatic heterocycles. The Labute approximate surface area is 105 Å². The van der Waals surface area contributed by atoms with Crippen LogP contribution in [0.2, 0.25) is 0 Å². The van der Waals surface area contributed by atoms with E-state index in [1.165, 1.54) is 30.8 Å². The Kier molecular flexibility index (Phi) is 4.92. The molecule has 0 fully saturated rings. The van der Waals surface area contributed by atoms with Crippen molar-refractivity contribution in [2.75, 3.05) is 5.75 Å². The van der Waals surface area contributed by atoms with Gasteiger partial charge in [0.25, 0.3) is 0 Å². The van der Waals surface area contributed by atoms with E-state index in [1.807, 2.05) is 12.2 Å². The quantitative estimate of drug-likeness (QED) is 0.902. The third-order valence-corrected chi connectivity index (χ3v) is 3.60. The van der Waals surface area contributed by atoms with Crippen LogP contribution in [-0.2, 0) is 14.8 Å². The maximum atomic E-state index is 11.0. The average molecular weight is 271 g/mol. The molecule has 1 aromatic carbocycles. The number of primary sulfonamides is 1. The number of rotatable bonds is 4. The van der Waals surface area contributed by atoms with E-state index >= 15 is 0 Å². The number of nitrogens with two attached hydrogens (primary N) is 1. The Morgan fingerprint density at radius 3 is 2.41 bits per heavy atom. The smallest absolute Gasteiger partial charge is 0.238 e. The highest BCUT2D eigenvalue weighted by Crippen LogP contribution is 2.10. The average Bonchev–Trinajstić information content (AvgIpc) is 2.23. The van der Waals surface area contributed by atoms with Crippen LogP contribution in [0, 0.1) is 0 Å². The highest BCUT2D eigenvalue weighted by molar-refractivity contribution is 8.13. The Hall–Kier alpha value is -1.11. The summed E-state index contributed by atoms with van der Waals surface area (Å²) in [5.41, 5.74) is 0.863. The molecule has 0 saturated heterocycles. The van der Waals surface area contributed by atoms with Crippen molar-refractivity contribution in [3.8, 4) is 0 Å². The summed E-state index contributed by atoms with van der Waals surface area (Å²) in [7, 11) is -3.63. The van der Waals surface area contributed by atoms with Gasteiger partial charge in [-0.3, -0.25) is 4.79 Å². The third kappa shape index (κ3) is 5.16. The van der Waals surface area contributed by atoms with Gasteiger partial charge < -0.3 is 0 Å². The molecule has 2 N–H and O–H groups in total. The molecule has 0 bridgehead atoms. The van der Waals surface area contributed by atoms with Crippen LogP contribution in [0.3, 0.4) is 0 Å². The van der Waals surface area contributed by atoms with Crippen molar-refractivity contribution in [1.29, 1.82) is 0 Å². The van der Waals surface area contributed by atoms with Crippen LogP contribution in [0.15, 0.2) is 35.2 Å². The van der Waals surface area contributed by atoms with Gasteiger partial charge in [0.2, 0.25) is 10.0 Å². The highest BCUT2D eigenvalue weighted by atomic mass is 32.2. The van der Waals surface area contributed by atoms with E-state index < -0.39 is 10.0 Å². The van der Waals surface area contributed by atoms with Gasteiger partial charge in [-0.15, -0.1) is 0 Å². The fourth-order valence-corrected chi connectivity index (χ4v) is 2.06. The molecule has 1 rings (SSSR count). The molecule has 1 aromatic rings. The number of thioether (sulfide) groups is 1. The van der Waals surface area contributed by atoms with E-state index in [2.05, 4.69) is 0 Å². The molecular formula is C11H13NO3S2. The van der Waals surface area contributed by atoms with Crippen molar-refractivity contribution < 1.29 is 13.2 Å². The van der Waals surface area contributed by atoms with Gasteiger partial charge in [-0.1, -0.05) is 36.0 Å². The van der Waals surface area contributed by atoms with Gasteiger partial charge in [0.05, 0.1) is 4.90 Å². The maximum Gasteiger partial charge on any atom is 0.238 e. The lowest BCUT2D eigenvalue weighted by atomic mass is 10.2. The summed E-state index contributed by atoms with van der Waals surface area (Å²) in [4.78, 5) is 10.7. The highest BCUT2D eigenvalue weighted by Gasteiger charge is 2.05. The number of benzene rings is 1. The molecule has 4 nitrogen and oxygen atoms in total. The van der Waals surface area contributed by atoms with Crippen LogP contribution in [-0.4, -0.2) is 19.3 Å². The maximum absolute atomic E-state index is 11.0. The summed E-state index contributed by atoms with van der Waals surface area (Å²) in [5.74, 6) is 0.603. The Morgan fingerprint density at radius 1 is 1.35 bits per heavy atom. The van der Waals surface area contributed by atoms with Gasteiger partial charge in [0, 0.05) is 12.7 Å². The number of hydrogen-bond donors (Lipinski definition) is 1. The molecule has 17 heavy (non-hydrogen) atoms. The lowest BCUT2D eigenvalue weighted by Crippen LogP contribution is -2.11.